The Morgan fingerprint density at radius 1 is 1.21 bits per heavy atom. The summed E-state index contributed by atoms with van der Waals surface area (Å²) in [4.78, 5) is 48.9. The molecule has 2 aromatic heterocycles. The van der Waals surface area contributed by atoms with E-state index < -0.39 is 29.1 Å². The van der Waals surface area contributed by atoms with Gasteiger partial charge in [0.2, 0.25) is 17.3 Å². The molecule has 3 aromatic rings. The van der Waals surface area contributed by atoms with Crippen molar-refractivity contribution >= 4 is 28.6 Å². The molecule has 0 bridgehead atoms. The minimum absolute atomic E-state index is 0.0258. The number of halogens is 2. The number of amides is 1. The number of alkyl halides is 2. The average molecular weight is 527 g/mol. The summed E-state index contributed by atoms with van der Waals surface area (Å²) in [6.07, 6.45) is -0.0315. The summed E-state index contributed by atoms with van der Waals surface area (Å²) in [5.41, 5.74) is 6.38. The number of ether oxygens (including phenoxy) is 1. The van der Waals surface area contributed by atoms with E-state index in [0.29, 0.717) is 29.1 Å². The van der Waals surface area contributed by atoms with Crippen LogP contribution in [0.3, 0.4) is 0 Å². The number of hydrogen-bond donors (Lipinski definition) is 2. The molecule has 1 saturated heterocycles. The highest BCUT2D eigenvalue weighted by Crippen LogP contribution is 2.37. The first-order valence-electron chi connectivity index (χ1n) is 12.8. The number of pyridine rings is 2. The van der Waals surface area contributed by atoms with Crippen molar-refractivity contribution in [1.29, 1.82) is 0 Å². The molecule has 0 saturated carbocycles. The highest BCUT2D eigenvalue weighted by atomic mass is 19.3. The van der Waals surface area contributed by atoms with Crippen LogP contribution in [-0.2, 0) is 9.53 Å². The molecule has 0 aliphatic carbocycles. The summed E-state index contributed by atoms with van der Waals surface area (Å²) in [7, 11) is 0. The molecule has 10 heteroatoms. The van der Waals surface area contributed by atoms with Crippen molar-refractivity contribution in [2.45, 2.75) is 58.3 Å². The predicted molar refractivity (Wildman–Crippen MR) is 142 cm³/mol. The number of hydrogen-bond acceptors (Lipinski definition) is 6. The van der Waals surface area contributed by atoms with Crippen molar-refractivity contribution in [3.63, 3.8) is 0 Å². The fraction of sp³-hybridized carbons (Fsp3) is 0.429. The molecule has 8 nitrogen and oxygen atoms in total. The quantitative estimate of drug-likeness (QED) is 0.432. The second-order valence-electron chi connectivity index (χ2n) is 9.58. The lowest BCUT2D eigenvalue weighted by Gasteiger charge is -2.26. The van der Waals surface area contributed by atoms with Gasteiger partial charge in [-0.15, -0.1) is 0 Å². The Labute approximate surface area is 219 Å². The molecule has 1 aliphatic rings. The van der Waals surface area contributed by atoms with E-state index in [4.69, 9.17) is 15.5 Å². The van der Waals surface area contributed by atoms with Gasteiger partial charge < -0.3 is 20.4 Å². The number of nitrogens with one attached hydrogen (secondary N) is 1. The first-order chi connectivity index (χ1) is 18.1. The first-order valence-corrected chi connectivity index (χ1v) is 12.8. The molecule has 1 amide bonds. The van der Waals surface area contributed by atoms with Gasteiger partial charge in [0.25, 0.3) is 0 Å². The van der Waals surface area contributed by atoms with Crippen molar-refractivity contribution in [3.05, 3.63) is 57.4 Å². The van der Waals surface area contributed by atoms with Gasteiger partial charge in [-0.05, 0) is 38.8 Å². The van der Waals surface area contributed by atoms with E-state index >= 15 is 0 Å². The molecule has 1 aliphatic heterocycles. The molecule has 0 radical (unpaired) electrons. The van der Waals surface area contributed by atoms with E-state index in [1.807, 2.05) is 24.3 Å². The SMILES string of the molecule is CCOC(=O)c1c(-c2cc3ccccc3nc2N2CCCC(F)(F)CC2)[nH]c(C)c(C(CC)C(N)=O)c1=O. The molecule has 4 rings (SSSR count). The first kappa shape index (κ1) is 27.2. The highest BCUT2D eigenvalue weighted by Gasteiger charge is 2.34. The van der Waals surface area contributed by atoms with Crippen molar-refractivity contribution in [3.8, 4) is 11.3 Å². The monoisotopic (exact) mass is 526 g/mol. The maximum absolute atomic E-state index is 14.2. The van der Waals surface area contributed by atoms with Crippen LogP contribution in [0.15, 0.2) is 35.1 Å². The number of aromatic amines is 1. The van der Waals surface area contributed by atoms with E-state index in [1.165, 1.54) is 0 Å². The van der Waals surface area contributed by atoms with Gasteiger partial charge in [0.05, 0.1) is 23.7 Å². The van der Waals surface area contributed by atoms with Crippen LogP contribution in [0.25, 0.3) is 22.2 Å². The van der Waals surface area contributed by atoms with Crippen molar-refractivity contribution in [2.75, 3.05) is 24.6 Å². The molecule has 3 N–H and O–H groups in total. The molecule has 38 heavy (non-hydrogen) atoms. The fourth-order valence-electron chi connectivity index (χ4n) is 5.11. The topological polar surface area (TPSA) is 118 Å². The van der Waals surface area contributed by atoms with Gasteiger partial charge in [0.1, 0.15) is 11.4 Å². The standard InChI is InChI=1S/C28H32F2N4O4/c1-4-18(25(31)36)21-16(3)32-23(22(24(21)35)27(37)38-5-2)19-15-17-9-6-7-10-20(17)33-26(19)34-13-8-11-28(29,30)12-14-34/h6-7,9-10,15,18H,4-5,8,11-14H2,1-3H3,(H2,31,36)(H,32,35). The number of para-hydroxylation sites is 1. The summed E-state index contributed by atoms with van der Waals surface area (Å²) in [6.45, 7) is 5.41. The summed E-state index contributed by atoms with van der Waals surface area (Å²) >= 11 is 0. The van der Waals surface area contributed by atoms with E-state index in [1.54, 1.807) is 31.7 Å². The maximum Gasteiger partial charge on any atom is 0.344 e. The molecular formula is C28H32F2N4O4. The third-order valence-corrected chi connectivity index (χ3v) is 7.01. The molecule has 1 aromatic carbocycles. The van der Waals surface area contributed by atoms with Gasteiger partial charge in [0.15, 0.2) is 0 Å². The van der Waals surface area contributed by atoms with Crippen LogP contribution in [0.4, 0.5) is 14.6 Å². The van der Waals surface area contributed by atoms with Gasteiger partial charge >= 0.3 is 5.97 Å². The lowest BCUT2D eigenvalue weighted by molar-refractivity contribution is -0.119. The Balaban J connectivity index is 2.03. The molecule has 202 valence electrons. The van der Waals surface area contributed by atoms with Gasteiger partial charge in [-0.1, -0.05) is 25.1 Å². The van der Waals surface area contributed by atoms with Crippen molar-refractivity contribution in [1.82, 2.24) is 9.97 Å². The Hall–Kier alpha value is -3.82. The number of H-pyrrole nitrogens is 1. The highest BCUT2D eigenvalue weighted by molar-refractivity contribution is 6.00. The molecular weight excluding hydrogens is 494 g/mol. The van der Waals surface area contributed by atoms with Gasteiger partial charge in [-0.2, -0.15) is 0 Å². The smallest absolute Gasteiger partial charge is 0.344 e. The van der Waals surface area contributed by atoms with Crippen LogP contribution in [0.1, 0.15) is 67.1 Å². The summed E-state index contributed by atoms with van der Waals surface area (Å²) in [5, 5.41) is 0.743. The van der Waals surface area contributed by atoms with Crippen molar-refractivity contribution < 1.29 is 23.1 Å². The minimum atomic E-state index is -2.78. The Kier molecular flexibility index (Phi) is 7.80. The van der Waals surface area contributed by atoms with Crippen LogP contribution in [-0.4, -0.2) is 47.5 Å². The Bertz CT molecular complexity index is 1440. The Morgan fingerprint density at radius 3 is 2.63 bits per heavy atom. The van der Waals surface area contributed by atoms with E-state index in [-0.39, 0.29) is 55.7 Å². The molecule has 3 heterocycles. The van der Waals surface area contributed by atoms with Gasteiger partial charge in [-0.3, -0.25) is 9.59 Å². The minimum Gasteiger partial charge on any atom is -0.462 e. The maximum atomic E-state index is 14.2. The summed E-state index contributed by atoms with van der Waals surface area (Å²) in [6, 6.07) is 9.11. The van der Waals surface area contributed by atoms with E-state index in [2.05, 4.69) is 4.98 Å². The third kappa shape index (κ3) is 5.25. The molecule has 1 atom stereocenters. The van der Waals surface area contributed by atoms with Crippen molar-refractivity contribution in [2.24, 2.45) is 5.73 Å². The second kappa shape index (κ2) is 10.9. The van der Waals surface area contributed by atoms with Crippen LogP contribution in [0.5, 0.6) is 0 Å². The van der Waals surface area contributed by atoms with Crippen LogP contribution in [0.2, 0.25) is 0 Å². The number of rotatable bonds is 7. The number of esters is 1. The zero-order chi connectivity index (χ0) is 27.6. The number of nitrogens with zero attached hydrogens (tertiary/aromatic N) is 2. The number of aromatic nitrogens is 2. The van der Waals surface area contributed by atoms with Gasteiger partial charge in [-0.25, -0.2) is 18.6 Å². The lowest BCUT2D eigenvalue weighted by Crippen LogP contribution is -2.32. The van der Waals surface area contributed by atoms with Crippen LogP contribution in [0, 0.1) is 6.92 Å². The van der Waals surface area contributed by atoms with E-state index in [9.17, 15) is 23.2 Å². The fourth-order valence-corrected chi connectivity index (χ4v) is 5.11. The normalized spacial score (nSPS) is 16.2. The molecule has 1 fully saturated rings. The average Bonchev–Trinajstić information content (AvgIpc) is 3.05. The Morgan fingerprint density at radius 2 is 1.95 bits per heavy atom. The number of benzene rings is 1. The zero-order valence-electron chi connectivity index (χ0n) is 21.8. The predicted octanol–water partition coefficient (Wildman–Crippen LogP) is 4.68. The van der Waals surface area contributed by atoms with E-state index in [0.717, 1.165) is 5.39 Å². The number of anilines is 1. The number of carbonyl (C=O) groups excluding carboxylic acids is 2. The second-order valence-corrected chi connectivity index (χ2v) is 9.58. The third-order valence-electron chi connectivity index (χ3n) is 7.01. The summed E-state index contributed by atoms with van der Waals surface area (Å²) in [5.74, 6) is -4.83. The number of fused-ring (bicyclic) bond motifs is 1. The zero-order valence-corrected chi connectivity index (χ0v) is 21.8. The number of carbonyl (C=O) groups is 2. The number of nitrogens with two attached hydrogens (primary N) is 1. The lowest BCUT2D eigenvalue weighted by atomic mass is 9.91. The number of primary amides is 1. The van der Waals surface area contributed by atoms with Gasteiger partial charge in [0, 0.05) is 48.1 Å². The van der Waals surface area contributed by atoms with Crippen LogP contribution >= 0.6 is 0 Å². The largest absolute Gasteiger partial charge is 0.462 e. The van der Waals surface area contributed by atoms with Crippen LogP contribution < -0.4 is 16.1 Å². The number of aryl methyl sites for hydroxylation is 1. The molecule has 0 spiro atoms. The summed E-state index contributed by atoms with van der Waals surface area (Å²) < 4.78 is 33.7. The molecule has 1 unspecified atom stereocenters.